The molecule has 3 rings (SSSR count). The van der Waals surface area contributed by atoms with Crippen molar-refractivity contribution in [3.8, 4) is 11.5 Å². The van der Waals surface area contributed by atoms with Gasteiger partial charge in [-0.05, 0) is 24.6 Å². The van der Waals surface area contributed by atoms with Crippen molar-refractivity contribution in [1.29, 1.82) is 0 Å². The van der Waals surface area contributed by atoms with E-state index in [9.17, 15) is 4.79 Å². The van der Waals surface area contributed by atoms with E-state index in [1.165, 1.54) is 28.1 Å². The van der Waals surface area contributed by atoms with Crippen LogP contribution in [0.15, 0.2) is 48.0 Å². The first-order valence-electron chi connectivity index (χ1n) is 5.86. The monoisotopic (exact) mass is 287 g/mol. The van der Waals surface area contributed by atoms with Gasteiger partial charge in [-0.15, -0.1) is 0 Å². The number of aromatic nitrogens is 5. The van der Waals surface area contributed by atoms with Crippen LogP contribution in [0.4, 0.5) is 0 Å². The summed E-state index contributed by atoms with van der Waals surface area (Å²) >= 11 is 6.10. The molecule has 0 amide bonds. The summed E-state index contributed by atoms with van der Waals surface area (Å²) in [6.45, 7) is 1.91. The highest BCUT2D eigenvalue weighted by atomic mass is 35.5. The Labute approximate surface area is 119 Å². The quantitative estimate of drug-likeness (QED) is 0.720. The summed E-state index contributed by atoms with van der Waals surface area (Å²) in [4.78, 5) is 20.3. The van der Waals surface area contributed by atoms with Crippen LogP contribution < -0.4 is 5.56 Å². The molecule has 0 N–H and O–H groups in total. The van der Waals surface area contributed by atoms with Crippen molar-refractivity contribution in [2.75, 3.05) is 0 Å². The van der Waals surface area contributed by atoms with Crippen molar-refractivity contribution >= 4 is 11.6 Å². The number of hydrogen-bond acceptors (Lipinski definition) is 4. The van der Waals surface area contributed by atoms with Crippen LogP contribution in [0.3, 0.4) is 0 Å². The van der Waals surface area contributed by atoms with Crippen molar-refractivity contribution in [2.24, 2.45) is 0 Å². The molecule has 7 heteroatoms. The fraction of sp³-hybridized carbons (Fsp3) is 0.0769. The molecule has 0 bridgehead atoms. The molecule has 2 aromatic heterocycles. The van der Waals surface area contributed by atoms with Crippen LogP contribution in [0, 0.1) is 6.92 Å². The van der Waals surface area contributed by atoms with Gasteiger partial charge in [0.05, 0.1) is 5.69 Å². The van der Waals surface area contributed by atoms with E-state index in [0.717, 1.165) is 5.56 Å². The molecule has 0 unspecified atom stereocenters. The number of rotatable bonds is 2. The Morgan fingerprint density at radius 2 is 2.15 bits per heavy atom. The van der Waals surface area contributed by atoms with Gasteiger partial charge in [-0.3, -0.25) is 9.36 Å². The van der Waals surface area contributed by atoms with Crippen molar-refractivity contribution in [3.63, 3.8) is 0 Å². The standard InChI is InChI=1S/C13H10ClN5O/c1-9-2-3-10(6-11(9)14)18-5-4-16-12(13(18)20)19-8-15-7-17-19/h2-8H,1H3. The minimum absolute atomic E-state index is 0.182. The van der Waals surface area contributed by atoms with Gasteiger partial charge in [0, 0.05) is 17.4 Å². The third-order valence-corrected chi connectivity index (χ3v) is 3.30. The molecule has 6 nitrogen and oxygen atoms in total. The number of benzene rings is 1. The lowest BCUT2D eigenvalue weighted by Gasteiger charge is -2.08. The Morgan fingerprint density at radius 3 is 2.85 bits per heavy atom. The molecule has 0 atom stereocenters. The molecule has 0 aliphatic carbocycles. The number of hydrogen-bond donors (Lipinski definition) is 0. The van der Waals surface area contributed by atoms with E-state index in [-0.39, 0.29) is 11.4 Å². The maximum atomic E-state index is 12.4. The van der Waals surface area contributed by atoms with Crippen LogP contribution in [-0.2, 0) is 0 Å². The molecule has 0 aliphatic rings. The Balaban J connectivity index is 2.18. The maximum absolute atomic E-state index is 12.4. The summed E-state index contributed by atoms with van der Waals surface area (Å²) in [7, 11) is 0. The molecular formula is C13H10ClN5O. The Bertz CT molecular complexity index is 810. The lowest BCUT2D eigenvalue weighted by atomic mass is 10.2. The van der Waals surface area contributed by atoms with Crippen LogP contribution in [0.1, 0.15) is 5.56 Å². The number of nitrogens with zero attached hydrogens (tertiary/aromatic N) is 5. The van der Waals surface area contributed by atoms with Crippen LogP contribution >= 0.6 is 11.6 Å². The Hall–Kier alpha value is -2.47. The molecule has 3 aromatic rings. The first kappa shape index (κ1) is 12.6. The van der Waals surface area contributed by atoms with Crippen LogP contribution in [0.2, 0.25) is 5.02 Å². The second kappa shape index (κ2) is 4.90. The average molecular weight is 288 g/mol. The Kier molecular flexibility index (Phi) is 3.08. The third kappa shape index (κ3) is 2.10. The molecule has 0 saturated carbocycles. The highest BCUT2D eigenvalue weighted by molar-refractivity contribution is 6.31. The van der Waals surface area contributed by atoms with Gasteiger partial charge in [-0.25, -0.2) is 9.97 Å². The van der Waals surface area contributed by atoms with Crippen LogP contribution in [-0.4, -0.2) is 24.3 Å². The highest BCUT2D eigenvalue weighted by Gasteiger charge is 2.09. The van der Waals surface area contributed by atoms with E-state index < -0.39 is 0 Å². The van der Waals surface area contributed by atoms with Gasteiger partial charge in [0.25, 0.3) is 5.56 Å². The topological polar surface area (TPSA) is 65.6 Å². The molecule has 0 saturated heterocycles. The molecular weight excluding hydrogens is 278 g/mol. The van der Waals surface area contributed by atoms with E-state index in [1.807, 2.05) is 19.1 Å². The van der Waals surface area contributed by atoms with E-state index >= 15 is 0 Å². The van der Waals surface area contributed by atoms with Crippen molar-refractivity contribution < 1.29 is 0 Å². The lowest BCUT2D eigenvalue weighted by molar-refractivity contribution is 0.800. The van der Waals surface area contributed by atoms with Gasteiger partial charge in [0.1, 0.15) is 12.7 Å². The summed E-state index contributed by atoms with van der Waals surface area (Å²) in [5.74, 6) is 0.182. The van der Waals surface area contributed by atoms with Gasteiger partial charge in [-0.1, -0.05) is 17.7 Å². The fourth-order valence-electron chi connectivity index (χ4n) is 1.81. The number of aryl methyl sites for hydroxylation is 1. The molecule has 0 spiro atoms. The van der Waals surface area contributed by atoms with E-state index in [4.69, 9.17) is 11.6 Å². The van der Waals surface area contributed by atoms with Gasteiger partial charge in [0.2, 0.25) is 5.82 Å². The minimum atomic E-state index is -0.294. The highest BCUT2D eigenvalue weighted by Crippen LogP contribution is 2.18. The molecule has 20 heavy (non-hydrogen) atoms. The molecule has 0 radical (unpaired) electrons. The van der Waals surface area contributed by atoms with Crippen molar-refractivity contribution in [3.05, 3.63) is 64.2 Å². The molecule has 2 heterocycles. The third-order valence-electron chi connectivity index (χ3n) is 2.89. The summed E-state index contributed by atoms with van der Waals surface area (Å²) in [6, 6.07) is 5.43. The lowest BCUT2D eigenvalue weighted by Crippen LogP contribution is -2.24. The van der Waals surface area contributed by atoms with Crippen LogP contribution in [0.25, 0.3) is 11.5 Å². The van der Waals surface area contributed by atoms with Crippen LogP contribution in [0.5, 0.6) is 0 Å². The van der Waals surface area contributed by atoms with E-state index in [2.05, 4.69) is 15.1 Å². The largest absolute Gasteiger partial charge is 0.300 e. The average Bonchev–Trinajstić information content (AvgIpc) is 2.96. The smallest absolute Gasteiger partial charge is 0.279 e. The maximum Gasteiger partial charge on any atom is 0.300 e. The zero-order valence-corrected chi connectivity index (χ0v) is 11.3. The summed E-state index contributed by atoms with van der Waals surface area (Å²) in [5.41, 5.74) is 1.33. The molecule has 100 valence electrons. The normalized spacial score (nSPS) is 10.7. The fourth-order valence-corrected chi connectivity index (χ4v) is 1.99. The van der Waals surface area contributed by atoms with Gasteiger partial charge >= 0.3 is 0 Å². The first-order valence-corrected chi connectivity index (χ1v) is 6.24. The predicted molar refractivity (Wildman–Crippen MR) is 74.5 cm³/mol. The molecule has 0 fully saturated rings. The molecule has 0 aliphatic heterocycles. The molecule has 1 aromatic carbocycles. The SMILES string of the molecule is Cc1ccc(-n2ccnc(-n3cncn3)c2=O)cc1Cl. The van der Waals surface area contributed by atoms with E-state index in [0.29, 0.717) is 10.7 Å². The van der Waals surface area contributed by atoms with E-state index in [1.54, 1.807) is 12.3 Å². The summed E-state index contributed by atoms with van der Waals surface area (Å²) < 4.78 is 2.80. The van der Waals surface area contributed by atoms with Crippen molar-refractivity contribution in [2.45, 2.75) is 6.92 Å². The second-order valence-electron chi connectivity index (χ2n) is 4.20. The van der Waals surface area contributed by atoms with Gasteiger partial charge in [-0.2, -0.15) is 9.78 Å². The summed E-state index contributed by atoms with van der Waals surface area (Å²) in [6.07, 6.45) is 5.90. The zero-order chi connectivity index (χ0) is 14.1. The minimum Gasteiger partial charge on any atom is -0.279 e. The Morgan fingerprint density at radius 1 is 1.30 bits per heavy atom. The predicted octanol–water partition coefficient (Wildman–Crippen LogP) is 1.78. The second-order valence-corrected chi connectivity index (χ2v) is 4.61. The first-order chi connectivity index (χ1) is 9.66. The number of halogens is 1. The summed E-state index contributed by atoms with van der Waals surface area (Å²) in [5, 5.41) is 4.52. The van der Waals surface area contributed by atoms with Gasteiger partial charge in [0.15, 0.2) is 0 Å². The zero-order valence-electron chi connectivity index (χ0n) is 10.6. The van der Waals surface area contributed by atoms with Gasteiger partial charge < -0.3 is 0 Å². The van der Waals surface area contributed by atoms with Crippen molar-refractivity contribution in [1.82, 2.24) is 24.3 Å².